The summed E-state index contributed by atoms with van der Waals surface area (Å²) in [5.41, 5.74) is 0.308. The minimum atomic E-state index is -0.720. The van der Waals surface area contributed by atoms with E-state index in [1.165, 1.54) is 0 Å². The largest absolute Gasteiger partial charge is 0.463 e. The SMILES string of the molecule is C=C(Cc1c(F)cc(F)cc1Br)C(=O)OCC. The number of ether oxygens (including phenoxy) is 1. The molecule has 5 heteroatoms. The number of esters is 1. The molecule has 0 saturated heterocycles. The van der Waals surface area contributed by atoms with Crippen molar-refractivity contribution in [3.8, 4) is 0 Å². The monoisotopic (exact) mass is 304 g/mol. The third-order valence-corrected chi connectivity index (χ3v) is 2.77. The Kier molecular flexibility index (Phi) is 4.81. The predicted octanol–water partition coefficient (Wildman–Crippen LogP) is 3.39. The van der Waals surface area contributed by atoms with Crippen molar-refractivity contribution in [1.29, 1.82) is 0 Å². The Labute approximate surface area is 106 Å². The molecular weight excluding hydrogens is 294 g/mol. The zero-order valence-corrected chi connectivity index (χ0v) is 10.8. The molecule has 0 aliphatic heterocycles. The summed E-state index contributed by atoms with van der Waals surface area (Å²) in [7, 11) is 0. The van der Waals surface area contributed by atoms with Crippen molar-refractivity contribution >= 4 is 21.9 Å². The fourth-order valence-corrected chi connectivity index (χ4v) is 1.81. The van der Waals surface area contributed by atoms with E-state index in [4.69, 9.17) is 4.74 Å². The van der Waals surface area contributed by atoms with Crippen LogP contribution in [0.4, 0.5) is 8.78 Å². The van der Waals surface area contributed by atoms with Crippen molar-refractivity contribution in [1.82, 2.24) is 0 Å². The first-order valence-corrected chi connectivity index (χ1v) is 5.73. The van der Waals surface area contributed by atoms with Gasteiger partial charge in [-0.15, -0.1) is 0 Å². The van der Waals surface area contributed by atoms with Gasteiger partial charge in [-0.05, 0) is 13.0 Å². The molecule has 0 saturated carbocycles. The molecule has 0 atom stereocenters. The average molecular weight is 305 g/mol. The van der Waals surface area contributed by atoms with E-state index < -0.39 is 17.6 Å². The predicted molar refractivity (Wildman–Crippen MR) is 63.5 cm³/mol. The van der Waals surface area contributed by atoms with Crippen molar-refractivity contribution in [2.24, 2.45) is 0 Å². The van der Waals surface area contributed by atoms with Crippen LogP contribution in [0.3, 0.4) is 0 Å². The molecular formula is C12H11BrF2O2. The van der Waals surface area contributed by atoms with E-state index in [2.05, 4.69) is 22.5 Å². The second kappa shape index (κ2) is 5.91. The number of carbonyl (C=O) groups is 1. The highest BCUT2D eigenvalue weighted by molar-refractivity contribution is 9.10. The Morgan fingerprint density at radius 3 is 2.65 bits per heavy atom. The van der Waals surface area contributed by atoms with Gasteiger partial charge in [-0.2, -0.15) is 0 Å². The summed E-state index contributed by atoms with van der Waals surface area (Å²) in [5, 5.41) is 0. The molecule has 1 aromatic carbocycles. The normalized spacial score (nSPS) is 10.1. The van der Waals surface area contributed by atoms with Gasteiger partial charge >= 0.3 is 5.97 Å². The van der Waals surface area contributed by atoms with Gasteiger partial charge in [-0.3, -0.25) is 0 Å². The van der Waals surface area contributed by atoms with E-state index >= 15 is 0 Å². The molecule has 2 nitrogen and oxygen atoms in total. The summed E-state index contributed by atoms with van der Waals surface area (Å²) >= 11 is 3.04. The summed E-state index contributed by atoms with van der Waals surface area (Å²) in [5.74, 6) is -1.98. The van der Waals surface area contributed by atoms with Gasteiger partial charge in [0.1, 0.15) is 11.6 Å². The zero-order chi connectivity index (χ0) is 13.0. The molecule has 0 amide bonds. The van der Waals surface area contributed by atoms with Crippen LogP contribution in [-0.4, -0.2) is 12.6 Å². The summed E-state index contributed by atoms with van der Waals surface area (Å²) in [6.07, 6.45) is -0.0223. The van der Waals surface area contributed by atoms with Crippen molar-refractivity contribution in [2.45, 2.75) is 13.3 Å². The fourth-order valence-electron chi connectivity index (χ4n) is 1.26. The molecule has 1 aromatic rings. The lowest BCUT2D eigenvalue weighted by Gasteiger charge is -2.08. The Bertz CT molecular complexity index is 435. The third-order valence-electron chi connectivity index (χ3n) is 2.06. The van der Waals surface area contributed by atoms with Crippen LogP contribution >= 0.6 is 15.9 Å². The van der Waals surface area contributed by atoms with Gasteiger partial charge in [-0.1, -0.05) is 22.5 Å². The van der Waals surface area contributed by atoms with E-state index in [0.717, 1.165) is 12.1 Å². The Balaban J connectivity index is 2.89. The second-order valence-corrected chi connectivity index (χ2v) is 4.20. The highest BCUT2D eigenvalue weighted by Gasteiger charge is 2.15. The zero-order valence-electron chi connectivity index (χ0n) is 9.23. The van der Waals surface area contributed by atoms with Crippen LogP contribution in [-0.2, 0) is 16.0 Å². The maximum Gasteiger partial charge on any atom is 0.333 e. The molecule has 0 fully saturated rings. The molecule has 1 rings (SSSR count). The Hall–Kier alpha value is -1.23. The Morgan fingerprint density at radius 2 is 2.12 bits per heavy atom. The van der Waals surface area contributed by atoms with Gasteiger partial charge in [0.25, 0.3) is 0 Å². The van der Waals surface area contributed by atoms with Crippen LogP contribution in [0.25, 0.3) is 0 Å². The van der Waals surface area contributed by atoms with Gasteiger partial charge in [0, 0.05) is 28.1 Å². The molecule has 17 heavy (non-hydrogen) atoms. The van der Waals surface area contributed by atoms with Crippen molar-refractivity contribution in [3.05, 3.63) is 46.0 Å². The molecule has 0 radical (unpaired) electrons. The van der Waals surface area contributed by atoms with Crippen molar-refractivity contribution in [3.63, 3.8) is 0 Å². The third kappa shape index (κ3) is 3.63. The maximum atomic E-state index is 13.5. The minimum Gasteiger partial charge on any atom is -0.463 e. The lowest BCUT2D eigenvalue weighted by Crippen LogP contribution is -2.10. The van der Waals surface area contributed by atoms with Crippen LogP contribution in [0.5, 0.6) is 0 Å². The average Bonchev–Trinajstić information content (AvgIpc) is 2.23. The molecule has 0 aliphatic rings. The van der Waals surface area contributed by atoms with E-state index in [1.54, 1.807) is 6.92 Å². The number of carbonyl (C=O) groups excluding carboxylic acids is 1. The number of benzene rings is 1. The molecule has 0 spiro atoms. The van der Waals surface area contributed by atoms with Gasteiger partial charge < -0.3 is 4.74 Å². The number of halogens is 3. The van der Waals surface area contributed by atoms with E-state index in [-0.39, 0.29) is 28.6 Å². The van der Waals surface area contributed by atoms with Crippen molar-refractivity contribution < 1.29 is 18.3 Å². The molecule has 0 unspecified atom stereocenters. The van der Waals surface area contributed by atoms with Gasteiger partial charge in [0.15, 0.2) is 0 Å². The molecule has 0 aliphatic carbocycles. The molecule has 0 N–H and O–H groups in total. The van der Waals surface area contributed by atoms with Crippen LogP contribution in [0.15, 0.2) is 28.8 Å². The van der Waals surface area contributed by atoms with Gasteiger partial charge in [0.05, 0.1) is 6.61 Å². The first-order chi connectivity index (χ1) is 7.95. The Morgan fingerprint density at radius 1 is 1.47 bits per heavy atom. The molecule has 0 bridgehead atoms. The van der Waals surface area contributed by atoms with E-state index in [9.17, 15) is 13.6 Å². The topological polar surface area (TPSA) is 26.3 Å². The minimum absolute atomic E-state index is 0.0223. The smallest absolute Gasteiger partial charge is 0.333 e. The van der Waals surface area contributed by atoms with Crippen molar-refractivity contribution in [2.75, 3.05) is 6.61 Å². The fraction of sp³-hybridized carbons (Fsp3) is 0.250. The lowest BCUT2D eigenvalue weighted by molar-refractivity contribution is -0.138. The number of hydrogen-bond donors (Lipinski definition) is 0. The summed E-state index contributed by atoms with van der Waals surface area (Å²) in [4.78, 5) is 11.3. The number of hydrogen-bond acceptors (Lipinski definition) is 2. The van der Waals surface area contributed by atoms with E-state index in [1.807, 2.05) is 0 Å². The molecule has 0 heterocycles. The molecule has 92 valence electrons. The quantitative estimate of drug-likeness (QED) is 0.629. The first kappa shape index (κ1) is 13.8. The van der Waals surface area contributed by atoms with Gasteiger partial charge in [-0.25, -0.2) is 13.6 Å². The van der Waals surface area contributed by atoms with Gasteiger partial charge in [0.2, 0.25) is 0 Å². The summed E-state index contributed by atoms with van der Waals surface area (Å²) < 4.78 is 31.3. The second-order valence-electron chi connectivity index (χ2n) is 3.35. The highest BCUT2D eigenvalue weighted by atomic mass is 79.9. The maximum absolute atomic E-state index is 13.5. The van der Waals surface area contributed by atoms with E-state index in [0.29, 0.717) is 0 Å². The summed E-state index contributed by atoms with van der Waals surface area (Å²) in [6, 6.07) is 1.90. The first-order valence-electron chi connectivity index (χ1n) is 4.94. The lowest BCUT2D eigenvalue weighted by atomic mass is 10.1. The van der Waals surface area contributed by atoms with Crippen LogP contribution in [0.2, 0.25) is 0 Å². The summed E-state index contributed by atoms with van der Waals surface area (Å²) in [6.45, 7) is 5.41. The van der Waals surface area contributed by atoms with Crippen LogP contribution in [0.1, 0.15) is 12.5 Å². The molecule has 0 aromatic heterocycles. The number of rotatable bonds is 4. The highest BCUT2D eigenvalue weighted by Crippen LogP contribution is 2.24. The van der Waals surface area contributed by atoms with Crippen LogP contribution < -0.4 is 0 Å². The van der Waals surface area contributed by atoms with Crippen LogP contribution in [0, 0.1) is 11.6 Å². The standard InChI is InChI=1S/C12H11BrF2O2/c1-3-17-12(16)7(2)4-9-10(13)5-8(14)6-11(9)15/h5-6H,2-4H2,1H3.